The molecule has 2 aromatic carbocycles. The van der Waals surface area contributed by atoms with E-state index in [-0.39, 0.29) is 17.2 Å². The largest absolute Gasteiger partial charge is 0.456 e. The number of benzene rings is 2. The van der Waals surface area contributed by atoms with Crippen LogP contribution in [-0.4, -0.2) is 25.6 Å². The Labute approximate surface area is 163 Å². The average molecular weight is 402 g/mol. The van der Waals surface area contributed by atoms with E-state index in [1.807, 2.05) is 44.2 Å². The number of carbonyl (C=O) groups excluding carboxylic acids is 1. The van der Waals surface area contributed by atoms with Crippen LogP contribution in [0.25, 0.3) is 22.3 Å². The summed E-state index contributed by atoms with van der Waals surface area (Å²) in [7, 11) is -3.98. The zero-order valence-corrected chi connectivity index (χ0v) is 16.4. The van der Waals surface area contributed by atoms with Gasteiger partial charge in [-0.3, -0.25) is 10.0 Å². The summed E-state index contributed by atoms with van der Waals surface area (Å²) < 4.78 is 33.8. The minimum Gasteiger partial charge on any atom is -0.456 e. The normalized spacial score (nSPS) is 13.0. The highest BCUT2D eigenvalue weighted by atomic mass is 32.2. The summed E-state index contributed by atoms with van der Waals surface area (Å²) >= 11 is 0. The first-order chi connectivity index (χ1) is 13.3. The Morgan fingerprint density at radius 3 is 2.54 bits per heavy atom. The number of amides is 1. The fourth-order valence-corrected chi connectivity index (χ4v) is 4.21. The van der Waals surface area contributed by atoms with Crippen LogP contribution >= 0.6 is 0 Å². The number of nitrogens with one attached hydrogen (secondary N) is 2. The van der Waals surface area contributed by atoms with Crippen molar-refractivity contribution in [2.24, 2.45) is 5.92 Å². The number of hydrogen-bond acceptors (Lipinski definition) is 5. The molecule has 0 saturated carbocycles. The molecule has 148 valence electrons. The summed E-state index contributed by atoms with van der Waals surface area (Å²) in [6.45, 7) is 3.71. The number of sulfonamides is 1. The molecule has 0 radical (unpaired) electrons. The molecule has 3 N–H and O–H groups in total. The van der Waals surface area contributed by atoms with E-state index in [0.717, 1.165) is 5.39 Å². The second-order valence-electron chi connectivity index (χ2n) is 6.96. The van der Waals surface area contributed by atoms with Crippen molar-refractivity contribution in [1.29, 1.82) is 0 Å². The number of furan rings is 1. The molecule has 0 aliphatic heterocycles. The third-order valence-corrected chi connectivity index (χ3v) is 5.75. The van der Waals surface area contributed by atoms with Crippen molar-refractivity contribution in [2.75, 3.05) is 0 Å². The van der Waals surface area contributed by atoms with Crippen molar-refractivity contribution < 1.29 is 22.8 Å². The van der Waals surface area contributed by atoms with Crippen LogP contribution < -0.4 is 10.2 Å². The summed E-state index contributed by atoms with van der Waals surface area (Å²) in [5, 5.41) is 9.82. The first-order valence-electron chi connectivity index (χ1n) is 8.85. The van der Waals surface area contributed by atoms with Gasteiger partial charge in [0.25, 0.3) is 5.91 Å². The maximum Gasteiger partial charge on any atom is 0.261 e. The number of hydrogen-bond donors (Lipinski definition) is 3. The van der Waals surface area contributed by atoms with Crippen LogP contribution in [0.3, 0.4) is 0 Å². The molecule has 7 nitrogen and oxygen atoms in total. The molecule has 1 aromatic heterocycles. The van der Waals surface area contributed by atoms with E-state index < -0.39 is 22.0 Å². The van der Waals surface area contributed by atoms with Gasteiger partial charge in [0.1, 0.15) is 17.4 Å². The first kappa shape index (κ1) is 20.1. The molecular weight excluding hydrogens is 380 g/mol. The number of carbonyl (C=O) groups is 1. The van der Waals surface area contributed by atoms with Gasteiger partial charge < -0.3 is 4.42 Å². The lowest BCUT2D eigenvalue weighted by Gasteiger charge is -2.18. The van der Waals surface area contributed by atoms with E-state index in [9.17, 15) is 13.2 Å². The van der Waals surface area contributed by atoms with E-state index in [4.69, 9.17) is 9.62 Å². The molecule has 8 heteroatoms. The van der Waals surface area contributed by atoms with Gasteiger partial charge in [-0.05, 0) is 36.6 Å². The summed E-state index contributed by atoms with van der Waals surface area (Å²) in [6.07, 6.45) is 0.245. The van der Waals surface area contributed by atoms with Crippen molar-refractivity contribution in [3.63, 3.8) is 0 Å². The molecule has 0 saturated heterocycles. The van der Waals surface area contributed by atoms with Crippen LogP contribution in [0.5, 0.6) is 0 Å². The molecule has 1 atom stereocenters. The van der Waals surface area contributed by atoms with Crippen LogP contribution in [0, 0.1) is 5.92 Å². The first-order valence-corrected chi connectivity index (χ1v) is 10.3. The Bertz CT molecular complexity index is 1060. The summed E-state index contributed by atoms with van der Waals surface area (Å²) in [5.74, 6) is -0.206. The quantitative estimate of drug-likeness (QED) is 0.415. The monoisotopic (exact) mass is 402 g/mol. The predicted molar refractivity (Wildman–Crippen MR) is 105 cm³/mol. The van der Waals surface area contributed by atoms with Crippen molar-refractivity contribution in [3.8, 4) is 11.3 Å². The van der Waals surface area contributed by atoms with E-state index in [1.165, 1.54) is 17.6 Å². The summed E-state index contributed by atoms with van der Waals surface area (Å²) in [6, 6.07) is 14.6. The van der Waals surface area contributed by atoms with Crippen molar-refractivity contribution in [1.82, 2.24) is 10.2 Å². The molecule has 3 rings (SSSR count). The zero-order chi connectivity index (χ0) is 20.3. The third-order valence-electron chi connectivity index (χ3n) is 4.29. The van der Waals surface area contributed by atoms with Crippen LogP contribution in [0.2, 0.25) is 0 Å². The van der Waals surface area contributed by atoms with E-state index >= 15 is 0 Å². The third kappa shape index (κ3) is 4.41. The number of fused-ring (bicyclic) bond motifs is 1. The van der Waals surface area contributed by atoms with E-state index in [2.05, 4.69) is 4.72 Å². The SMILES string of the molecule is CC(C)C[C@@H](NS(=O)(=O)c1cccc(-c2cc3ccccc3o2)c1)C(=O)NO. The minimum atomic E-state index is -3.98. The molecule has 3 aromatic rings. The standard InChI is InChI=1S/C20H22N2O5S/c1-13(2)10-17(20(23)21-24)22-28(25,26)16-8-5-7-14(11-16)19-12-15-6-3-4-9-18(15)27-19/h3-9,11-13,17,22,24H,10H2,1-2H3,(H,21,23)/t17-/m1/s1. The van der Waals surface area contributed by atoms with Crippen molar-refractivity contribution in [2.45, 2.75) is 31.2 Å². The number of hydroxylamine groups is 1. The van der Waals surface area contributed by atoms with Crippen molar-refractivity contribution >= 4 is 26.9 Å². The van der Waals surface area contributed by atoms with Crippen LogP contribution in [0.1, 0.15) is 20.3 Å². The Kier molecular flexibility index (Phi) is 5.83. The molecule has 0 fully saturated rings. The molecule has 0 aliphatic rings. The van der Waals surface area contributed by atoms with Gasteiger partial charge in [0.05, 0.1) is 4.90 Å². The molecule has 0 unspecified atom stereocenters. The van der Waals surface area contributed by atoms with Gasteiger partial charge in [0.2, 0.25) is 10.0 Å². The summed E-state index contributed by atoms with van der Waals surface area (Å²) in [4.78, 5) is 11.8. The summed E-state index contributed by atoms with van der Waals surface area (Å²) in [5.41, 5.74) is 2.83. The topological polar surface area (TPSA) is 109 Å². The molecule has 0 aliphatic carbocycles. The maximum absolute atomic E-state index is 12.8. The molecular formula is C20H22N2O5S. The van der Waals surface area contributed by atoms with Gasteiger partial charge >= 0.3 is 0 Å². The number of para-hydroxylation sites is 1. The lowest BCUT2D eigenvalue weighted by Crippen LogP contribution is -2.46. The Morgan fingerprint density at radius 2 is 1.86 bits per heavy atom. The highest BCUT2D eigenvalue weighted by molar-refractivity contribution is 7.89. The zero-order valence-electron chi connectivity index (χ0n) is 15.5. The molecule has 1 amide bonds. The fourth-order valence-electron chi connectivity index (χ4n) is 2.95. The number of rotatable bonds is 7. The van der Waals surface area contributed by atoms with Gasteiger partial charge in [-0.1, -0.05) is 44.2 Å². The lowest BCUT2D eigenvalue weighted by atomic mass is 10.0. The average Bonchev–Trinajstić information content (AvgIpc) is 3.10. The Morgan fingerprint density at radius 1 is 1.11 bits per heavy atom. The molecule has 0 spiro atoms. The second kappa shape index (κ2) is 8.14. The molecule has 0 bridgehead atoms. The predicted octanol–water partition coefficient (Wildman–Crippen LogP) is 3.30. The highest BCUT2D eigenvalue weighted by Crippen LogP contribution is 2.29. The Hall–Kier alpha value is -2.68. The van der Waals surface area contributed by atoms with Gasteiger partial charge in [-0.15, -0.1) is 0 Å². The minimum absolute atomic E-state index is 0.00459. The second-order valence-corrected chi connectivity index (χ2v) is 8.67. The molecule has 1 heterocycles. The van der Waals surface area contributed by atoms with Crippen LogP contribution in [0.15, 0.2) is 63.9 Å². The van der Waals surface area contributed by atoms with Gasteiger partial charge in [0, 0.05) is 10.9 Å². The Balaban J connectivity index is 1.92. The smallest absolute Gasteiger partial charge is 0.261 e. The maximum atomic E-state index is 12.8. The van der Waals surface area contributed by atoms with Gasteiger partial charge in [-0.25, -0.2) is 13.9 Å². The highest BCUT2D eigenvalue weighted by Gasteiger charge is 2.26. The van der Waals surface area contributed by atoms with Gasteiger partial charge in [-0.2, -0.15) is 4.72 Å². The molecule has 28 heavy (non-hydrogen) atoms. The van der Waals surface area contributed by atoms with Crippen LogP contribution in [0.4, 0.5) is 0 Å². The van der Waals surface area contributed by atoms with Crippen LogP contribution in [-0.2, 0) is 14.8 Å². The van der Waals surface area contributed by atoms with Crippen molar-refractivity contribution in [3.05, 3.63) is 54.6 Å². The van der Waals surface area contributed by atoms with E-state index in [0.29, 0.717) is 16.9 Å². The lowest BCUT2D eigenvalue weighted by molar-refractivity contribution is -0.131. The van der Waals surface area contributed by atoms with Gasteiger partial charge in [0.15, 0.2) is 0 Å². The fraction of sp³-hybridized carbons (Fsp3) is 0.250. The van der Waals surface area contributed by atoms with E-state index in [1.54, 1.807) is 12.1 Å².